The van der Waals surface area contributed by atoms with Gasteiger partial charge in [-0.2, -0.15) is 0 Å². The second-order valence-electron chi connectivity index (χ2n) is 5.56. The van der Waals surface area contributed by atoms with Gasteiger partial charge < -0.3 is 5.32 Å². The highest BCUT2D eigenvalue weighted by Crippen LogP contribution is 2.25. The van der Waals surface area contributed by atoms with Crippen molar-refractivity contribution in [1.29, 1.82) is 0 Å². The lowest BCUT2D eigenvalue weighted by Gasteiger charge is -2.18. The summed E-state index contributed by atoms with van der Waals surface area (Å²) in [5.41, 5.74) is 2.85. The molecule has 0 aliphatic carbocycles. The largest absolute Gasteiger partial charge is 0.351 e. The molecule has 1 N–H and O–H groups in total. The van der Waals surface area contributed by atoms with E-state index < -0.39 is 0 Å². The molecule has 2 nitrogen and oxygen atoms in total. The van der Waals surface area contributed by atoms with E-state index in [1.165, 1.54) is 0 Å². The monoisotopic (exact) mass is 335 g/mol. The molecule has 0 saturated carbocycles. The molecule has 3 aromatic rings. The Morgan fingerprint density at radius 2 is 1.29 bits per heavy atom. The minimum atomic E-state index is -0.338. The first-order valence-corrected chi connectivity index (χ1v) is 8.24. The molecule has 0 fully saturated rings. The maximum absolute atomic E-state index is 12.9. The minimum absolute atomic E-state index is 0.0349. The van der Waals surface area contributed by atoms with Gasteiger partial charge in [0.15, 0.2) is 0 Å². The van der Waals surface area contributed by atoms with Crippen LogP contribution in [0.3, 0.4) is 0 Å². The number of carbonyl (C=O) groups excluding carboxylic acids is 1. The number of halogens is 1. The summed E-state index contributed by atoms with van der Waals surface area (Å²) >= 11 is 6.17. The van der Waals surface area contributed by atoms with Crippen molar-refractivity contribution in [1.82, 2.24) is 5.32 Å². The summed E-state index contributed by atoms with van der Waals surface area (Å²) in [6, 6.07) is 27.2. The fourth-order valence-corrected chi connectivity index (χ4v) is 2.91. The Labute approximate surface area is 147 Å². The van der Waals surface area contributed by atoms with Gasteiger partial charge in [0, 0.05) is 11.6 Å². The van der Waals surface area contributed by atoms with Crippen molar-refractivity contribution < 1.29 is 4.79 Å². The van der Waals surface area contributed by atoms with E-state index in [-0.39, 0.29) is 11.8 Å². The van der Waals surface area contributed by atoms with E-state index in [9.17, 15) is 4.79 Å². The molecule has 3 heteroatoms. The molecule has 0 saturated heterocycles. The molecule has 0 atom stereocenters. The molecule has 0 aromatic heterocycles. The lowest BCUT2D eigenvalue weighted by molar-refractivity contribution is -0.121. The number of rotatable bonds is 5. The van der Waals surface area contributed by atoms with Crippen LogP contribution in [-0.4, -0.2) is 5.91 Å². The van der Waals surface area contributed by atoms with Crippen molar-refractivity contribution in [3.05, 3.63) is 107 Å². The van der Waals surface area contributed by atoms with Gasteiger partial charge in [-0.1, -0.05) is 90.5 Å². The third-order valence-corrected chi connectivity index (χ3v) is 4.31. The van der Waals surface area contributed by atoms with Crippen molar-refractivity contribution in [2.75, 3.05) is 0 Å². The zero-order chi connectivity index (χ0) is 16.8. The molecule has 0 bridgehead atoms. The standard InChI is InChI=1S/C21H18ClNO/c22-19-14-8-7-13-18(19)15-23-21(24)20(16-9-3-1-4-10-16)17-11-5-2-6-12-17/h1-14,20H,15H2,(H,23,24). The number of hydrogen-bond acceptors (Lipinski definition) is 1. The lowest BCUT2D eigenvalue weighted by Crippen LogP contribution is -2.29. The fraction of sp³-hybridized carbons (Fsp3) is 0.0952. The van der Waals surface area contributed by atoms with Crippen molar-refractivity contribution >= 4 is 17.5 Å². The average molecular weight is 336 g/mol. The van der Waals surface area contributed by atoms with E-state index in [4.69, 9.17) is 11.6 Å². The maximum atomic E-state index is 12.9. The Hall–Kier alpha value is -2.58. The van der Waals surface area contributed by atoms with E-state index in [1.807, 2.05) is 84.9 Å². The minimum Gasteiger partial charge on any atom is -0.351 e. The van der Waals surface area contributed by atoms with Gasteiger partial charge >= 0.3 is 0 Å². The Balaban J connectivity index is 1.83. The normalized spacial score (nSPS) is 10.6. The summed E-state index contributed by atoms with van der Waals surface area (Å²) < 4.78 is 0. The number of nitrogens with one attached hydrogen (secondary N) is 1. The zero-order valence-electron chi connectivity index (χ0n) is 13.2. The van der Waals surface area contributed by atoms with Crippen LogP contribution in [0.1, 0.15) is 22.6 Å². The summed E-state index contributed by atoms with van der Waals surface area (Å²) in [6.07, 6.45) is 0. The van der Waals surface area contributed by atoms with E-state index in [2.05, 4.69) is 5.32 Å². The Morgan fingerprint density at radius 3 is 1.83 bits per heavy atom. The van der Waals surface area contributed by atoms with Gasteiger partial charge in [0.2, 0.25) is 5.91 Å². The zero-order valence-corrected chi connectivity index (χ0v) is 13.9. The highest BCUT2D eigenvalue weighted by atomic mass is 35.5. The van der Waals surface area contributed by atoms with Gasteiger partial charge in [-0.15, -0.1) is 0 Å². The lowest BCUT2D eigenvalue weighted by atomic mass is 9.90. The van der Waals surface area contributed by atoms with E-state index >= 15 is 0 Å². The second-order valence-corrected chi connectivity index (χ2v) is 5.97. The Kier molecular flexibility index (Phi) is 5.29. The molecule has 0 radical (unpaired) electrons. The van der Waals surface area contributed by atoms with Gasteiger partial charge in [-0.25, -0.2) is 0 Å². The van der Waals surface area contributed by atoms with Crippen LogP contribution in [0, 0.1) is 0 Å². The molecule has 1 amide bonds. The van der Waals surface area contributed by atoms with Gasteiger partial charge in [-0.3, -0.25) is 4.79 Å². The number of benzene rings is 3. The van der Waals surface area contributed by atoms with Crippen LogP contribution >= 0.6 is 11.6 Å². The van der Waals surface area contributed by atoms with Crippen LogP contribution in [0.4, 0.5) is 0 Å². The van der Waals surface area contributed by atoms with Gasteiger partial charge in [-0.05, 0) is 22.8 Å². The summed E-state index contributed by atoms with van der Waals surface area (Å²) in [5, 5.41) is 3.67. The van der Waals surface area contributed by atoms with Gasteiger partial charge in [0.25, 0.3) is 0 Å². The summed E-state index contributed by atoms with van der Waals surface area (Å²) in [4.78, 5) is 12.9. The number of hydrogen-bond donors (Lipinski definition) is 1. The predicted molar refractivity (Wildman–Crippen MR) is 98.0 cm³/mol. The van der Waals surface area contributed by atoms with Crippen LogP contribution in [0.5, 0.6) is 0 Å². The topological polar surface area (TPSA) is 29.1 Å². The molecule has 0 unspecified atom stereocenters. The molecule has 120 valence electrons. The Morgan fingerprint density at radius 1 is 0.792 bits per heavy atom. The van der Waals surface area contributed by atoms with Crippen LogP contribution in [-0.2, 0) is 11.3 Å². The van der Waals surface area contributed by atoms with Gasteiger partial charge in [0.05, 0.1) is 5.92 Å². The molecular weight excluding hydrogens is 318 g/mol. The quantitative estimate of drug-likeness (QED) is 0.713. The molecule has 0 aliphatic heterocycles. The van der Waals surface area contributed by atoms with Crippen LogP contribution < -0.4 is 5.32 Å². The van der Waals surface area contributed by atoms with Crippen molar-refractivity contribution in [2.45, 2.75) is 12.5 Å². The van der Waals surface area contributed by atoms with Crippen LogP contribution in [0.25, 0.3) is 0 Å². The molecule has 0 spiro atoms. The molecular formula is C21H18ClNO. The average Bonchev–Trinajstić information content (AvgIpc) is 2.63. The molecule has 24 heavy (non-hydrogen) atoms. The Bertz CT molecular complexity index is 763. The predicted octanol–water partition coefficient (Wildman–Crippen LogP) is 4.79. The summed E-state index contributed by atoms with van der Waals surface area (Å²) in [5.74, 6) is -0.373. The highest BCUT2D eigenvalue weighted by Gasteiger charge is 2.22. The first-order valence-electron chi connectivity index (χ1n) is 7.86. The van der Waals surface area contributed by atoms with E-state index in [0.717, 1.165) is 16.7 Å². The number of amides is 1. The molecule has 3 aromatic carbocycles. The van der Waals surface area contributed by atoms with Crippen molar-refractivity contribution in [3.8, 4) is 0 Å². The molecule has 0 heterocycles. The highest BCUT2D eigenvalue weighted by molar-refractivity contribution is 6.31. The van der Waals surface area contributed by atoms with Crippen molar-refractivity contribution in [2.24, 2.45) is 0 Å². The summed E-state index contributed by atoms with van der Waals surface area (Å²) in [7, 11) is 0. The van der Waals surface area contributed by atoms with E-state index in [0.29, 0.717) is 11.6 Å². The SMILES string of the molecule is O=C(NCc1ccccc1Cl)C(c1ccccc1)c1ccccc1. The maximum Gasteiger partial charge on any atom is 0.232 e. The van der Waals surface area contributed by atoms with Gasteiger partial charge in [0.1, 0.15) is 0 Å². The molecule has 0 aliphatic rings. The van der Waals surface area contributed by atoms with E-state index in [1.54, 1.807) is 0 Å². The fourth-order valence-electron chi connectivity index (χ4n) is 2.71. The summed E-state index contributed by atoms with van der Waals surface area (Å²) in [6.45, 7) is 0.411. The first-order chi connectivity index (χ1) is 11.8. The number of carbonyl (C=O) groups is 1. The third-order valence-electron chi connectivity index (χ3n) is 3.94. The van der Waals surface area contributed by atoms with Crippen LogP contribution in [0.2, 0.25) is 5.02 Å². The second kappa shape index (κ2) is 7.80. The smallest absolute Gasteiger partial charge is 0.232 e. The third kappa shape index (κ3) is 3.84. The van der Waals surface area contributed by atoms with Crippen LogP contribution in [0.15, 0.2) is 84.9 Å². The first kappa shape index (κ1) is 16.3. The van der Waals surface area contributed by atoms with Crippen molar-refractivity contribution in [3.63, 3.8) is 0 Å². The molecule has 3 rings (SSSR count).